The van der Waals surface area contributed by atoms with Gasteiger partial charge in [0.25, 0.3) is 0 Å². The third-order valence-electron chi connectivity index (χ3n) is 6.52. The molecule has 0 radical (unpaired) electrons. The summed E-state index contributed by atoms with van der Waals surface area (Å²) >= 11 is 0. The molecule has 8 nitrogen and oxygen atoms in total. The molecule has 240 valence electrons. The summed E-state index contributed by atoms with van der Waals surface area (Å²) in [6.45, 7) is 12.2. The summed E-state index contributed by atoms with van der Waals surface area (Å²) in [6.07, 6.45) is 9.83. The predicted octanol–water partition coefficient (Wildman–Crippen LogP) is 5.91. The molecule has 1 aromatic carbocycles. The molecular formula is C31H53F3N6O2. The van der Waals surface area contributed by atoms with Crippen molar-refractivity contribution < 1.29 is 22.8 Å². The molecule has 3 aliphatic heterocycles. The number of anilines is 1. The second-order valence-electron chi connectivity index (χ2n) is 9.75. The first-order valence-corrected chi connectivity index (χ1v) is 14.6. The molecule has 1 amide bonds. The number of benzene rings is 1. The van der Waals surface area contributed by atoms with E-state index in [9.17, 15) is 18.0 Å². The molecule has 1 saturated heterocycles. The fourth-order valence-corrected chi connectivity index (χ4v) is 4.27. The molecule has 0 bridgehead atoms. The van der Waals surface area contributed by atoms with Gasteiger partial charge in [0.1, 0.15) is 12.7 Å². The van der Waals surface area contributed by atoms with Gasteiger partial charge in [-0.2, -0.15) is 13.2 Å². The van der Waals surface area contributed by atoms with Crippen LogP contribution in [0.25, 0.3) is 0 Å². The van der Waals surface area contributed by atoms with E-state index in [1.54, 1.807) is 0 Å². The maximum absolute atomic E-state index is 11.0. The molecular weight excluding hydrogens is 545 g/mol. The Labute approximate surface area is 251 Å². The zero-order valence-corrected chi connectivity index (χ0v) is 26.4. The summed E-state index contributed by atoms with van der Waals surface area (Å²) in [5.41, 5.74) is 5.21. The van der Waals surface area contributed by atoms with Crippen LogP contribution in [-0.2, 0) is 9.63 Å². The van der Waals surface area contributed by atoms with Crippen molar-refractivity contribution in [2.45, 2.75) is 72.6 Å². The van der Waals surface area contributed by atoms with Gasteiger partial charge in [0, 0.05) is 37.9 Å². The van der Waals surface area contributed by atoms with Crippen LogP contribution in [0.1, 0.15) is 58.9 Å². The van der Waals surface area contributed by atoms with E-state index in [1.807, 2.05) is 33.0 Å². The molecule has 0 aromatic heterocycles. The van der Waals surface area contributed by atoms with Crippen LogP contribution in [0.3, 0.4) is 0 Å². The van der Waals surface area contributed by atoms with Crippen LogP contribution < -0.4 is 21.8 Å². The van der Waals surface area contributed by atoms with Gasteiger partial charge in [0.2, 0.25) is 6.41 Å². The van der Waals surface area contributed by atoms with Crippen LogP contribution >= 0.6 is 0 Å². The van der Waals surface area contributed by atoms with Crippen molar-refractivity contribution in [3.05, 3.63) is 65.7 Å². The Balaban J connectivity index is 0.000000533. The standard InChI is InChI=1S/C11H16N2.C8H11N.C7H16N2O.C3H4F3NO.C2H6/c1-4-10-5-6-13-9(2)8-12(3)11(13)7-10;1-7-4-3-5-8(6-7)9-2;8-10-6-3-7-1-4-9-5-2-7;4-3(5,6)1-7-2-8;1-2/h5-8,11H,4H2,1-3H3;3-6,9H,1-2H3;7,9H,1-6,8H2;2H,1H2,(H,7,8);1-2H3. The number of hydrogen-bond donors (Lipinski definition) is 4. The normalized spacial score (nSPS) is 17.3. The Hall–Kier alpha value is -3.02. The molecule has 1 aromatic rings. The molecule has 5 N–H and O–H groups in total. The monoisotopic (exact) mass is 598 g/mol. The molecule has 0 saturated carbocycles. The minimum Gasteiger partial charge on any atom is -0.388 e. The van der Waals surface area contributed by atoms with Crippen molar-refractivity contribution in [2.75, 3.05) is 45.7 Å². The molecule has 3 heterocycles. The lowest BCUT2D eigenvalue weighted by Crippen LogP contribution is -2.34. The van der Waals surface area contributed by atoms with Crippen LogP contribution in [0.4, 0.5) is 18.9 Å². The van der Waals surface area contributed by atoms with Crippen molar-refractivity contribution in [1.82, 2.24) is 20.4 Å². The number of alkyl halides is 3. The van der Waals surface area contributed by atoms with Crippen molar-refractivity contribution >= 4 is 12.1 Å². The Morgan fingerprint density at radius 2 is 1.86 bits per heavy atom. The first-order chi connectivity index (χ1) is 20.0. The quantitative estimate of drug-likeness (QED) is 0.229. The Morgan fingerprint density at radius 3 is 2.33 bits per heavy atom. The number of nitrogens with two attached hydrogens (primary N) is 1. The minimum absolute atomic E-state index is 0.00743. The summed E-state index contributed by atoms with van der Waals surface area (Å²) in [5, 5.41) is 7.87. The Kier molecular flexibility index (Phi) is 20.9. The third kappa shape index (κ3) is 17.1. The molecule has 1 fully saturated rings. The van der Waals surface area contributed by atoms with Gasteiger partial charge in [0.05, 0.1) is 6.61 Å². The fourth-order valence-electron chi connectivity index (χ4n) is 4.27. The second kappa shape index (κ2) is 22.6. The van der Waals surface area contributed by atoms with E-state index in [1.165, 1.54) is 40.7 Å². The molecule has 3 aliphatic rings. The molecule has 11 heteroatoms. The summed E-state index contributed by atoms with van der Waals surface area (Å²) in [7, 11) is 4.05. The number of aryl methyl sites for hydroxylation is 1. The van der Waals surface area contributed by atoms with Crippen molar-refractivity contribution in [3.8, 4) is 0 Å². The average molecular weight is 599 g/mol. The van der Waals surface area contributed by atoms with Crippen LogP contribution in [0.15, 0.2) is 60.1 Å². The Bertz CT molecular complexity index is 947. The largest absolute Gasteiger partial charge is 0.405 e. The number of allylic oxidation sites excluding steroid dienone is 3. The van der Waals surface area contributed by atoms with E-state index >= 15 is 0 Å². The smallest absolute Gasteiger partial charge is 0.388 e. The molecule has 0 aliphatic carbocycles. The van der Waals surface area contributed by atoms with Gasteiger partial charge in [-0.15, -0.1) is 0 Å². The average Bonchev–Trinajstić information content (AvgIpc) is 3.29. The zero-order chi connectivity index (χ0) is 32.0. The number of hydrogen-bond acceptors (Lipinski definition) is 7. The van der Waals surface area contributed by atoms with Crippen LogP contribution in [-0.4, -0.2) is 68.9 Å². The minimum atomic E-state index is -4.29. The number of likely N-dealkylation sites (N-methyl/N-ethyl adjacent to an activating group) is 1. The lowest BCUT2D eigenvalue weighted by molar-refractivity contribution is -0.132. The van der Waals surface area contributed by atoms with E-state index < -0.39 is 12.7 Å². The van der Waals surface area contributed by atoms with Crippen molar-refractivity contribution in [1.29, 1.82) is 0 Å². The number of amides is 1. The highest BCUT2D eigenvalue weighted by Crippen LogP contribution is 2.27. The maximum Gasteiger partial charge on any atom is 0.405 e. The van der Waals surface area contributed by atoms with Crippen LogP contribution in [0.5, 0.6) is 0 Å². The highest BCUT2D eigenvalue weighted by molar-refractivity contribution is 5.45. The molecule has 42 heavy (non-hydrogen) atoms. The van der Waals surface area contributed by atoms with E-state index in [0.29, 0.717) is 12.8 Å². The molecule has 4 rings (SSSR count). The van der Waals surface area contributed by atoms with Gasteiger partial charge in [0.15, 0.2) is 0 Å². The SMILES string of the molecule is CC.CCC1=CC2N(C)C=C(C)N2C=C1.CNc1cccc(C)c1.NOCCC1CCNCC1.O=CNCC(F)(F)F. The number of piperidine rings is 1. The fraction of sp³-hybridized carbons (Fsp3) is 0.581. The van der Waals surface area contributed by atoms with E-state index in [4.69, 9.17) is 5.90 Å². The summed E-state index contributed by atoms with van der Waals surface area (Å²) in [4.78, 5) is 18.3. The van der Waals surface area contributed by atoms with Crippen LogP contribution in [0, 0.1) is 12.8 Å². The third-order valence-corrected chi connectivity index (χ3v) is 6.52. The summed E-state index contributed by atoms with van der Waals surface area (Å²) < 4.78 is 33.1. The van der Waals surface area contributed by atoms with Gasteiger partial charge in [-0.1, -0.05) is 32.9 Å². The number of fused-ring (bicyclic) bond motifs is 1. The number of nitrogens with one attached hydrogen (secondary N) is 3. The van der Waals surface area contributed by atoms with E-state index in [-0.39, 0.29) is 6.41 Å². The summed E-state index contributed by atoms with van der Waals surface area (Å²) in [5.74, 6) is 5.77. The predicted molar refractivity (Wildman–Crippen MR) is 167 cm³/mol. The number of carbonyl (C=O) groups is 1. The molecule has 1 atom stereocenters. The van der Waals surface area contributed by atoms with Gasteiger partial charge in [-0.25, -0.2) is 5.90 Å². The lowest BCUT2D eigenvalue weighted by Gasteiger charge is -2.30. The first kappa shape index (κ1) is 39.0. The second-order valence-corrected chi connectivity index (χ2v) is 9.75. The van der Waals surface area contributed by atoms with E-state index in [0.717, 1.165) is 31.8 Å². The number of rotatable bonds is 7. The van der Waals surface area contributed by atoms with Crippen molar-refractivity contribution in [3.63, 3.8) is 0 Å². The van der Waals surface area contributed by atoms with E-state index in [2.05, 4.69) is 89.8 Å². The highest BCUT2D eigenvalue weighted by atomic mass is 19.4. The Morgan fingerprint density at radius 1 is 1.19 bits per heavy atom. The van der Waals surface area contributed by atoms with Gasteiger partial charge < -0.3 is 30.6 Å². The highest BCUT2D eigenvalue weighted by Gasteiger charge is 2.26. The number of nitrogens with zero attached hydrogens (tertiary/aromatic N) is 2. The van der Waals surface area contributed by atoms with Crippen molar-refractivity contribution in [2.24, 2.45) is 11.8 Å². The number of carbonyl (C=O) groups excluding carboxylic acids is 1. The summed E-state index contributed by atoms with van der Waals surface area (Å²) in [6, 6.07) is 8.29. The first-order valence-electron chi connectivity index (χ1n) is 14.6. The van der Waals surface area contributed by atoms with Gasteiger partial charge in [-0.05, 0) is 94.0 Å². The molecule has 0 spiro atoms. The van der Waals surface area contributed by atoms with Gasteiger partial charge >= 0.3 is 6.18 Å². The van der Waals surface area contributed by atoms with Gasteiger partial charge in [-0.3, -0.25) is 4.79 Å². The zero-order valence-electron chi connectivity index (χ0n) is 26.4. The maximum atomic E-state index is 11.0. The van der Waals surface area contributed by atoms with Crippen LogP contribution in [0.2, 0.25) is 0 Å². The molecule has 1 unspecified atom stereocenters. The topological polar surface area (TPSA) is 94.9 Å². The number of halogens is 3. The lowest BCUT2D eigenvalue weighted by atomic mass is 9.95.